The lowest BCUT2D eigenvalue weighted by Gasteiger charge is -2.02. The van der Waals surface area contributed by atoms with Gasteiger partial charge in [-0.1, -0.05) is 76.8 Å². The van der Waals surface area contributed by atoms with E-state index in [1.807, 2.05) is 6.92 Å². The molecule has 0 amide bonds. The van der Waals surface area contributed by atoms with Crippen LogP contribution in [-0.2, 0) is 0 Å². The Hall–Kier alpha value is -1.60. The predicted molar refractivity (Wildman–Crippen MR) is 155 cm³/mol. The first-order valence-corrected chi connectivity index (χ1v) is 13.2. The van der Waals surface area contributed by atoms with Gasteiger partial charge in [0.15, 0.2) is 0 Å². The van der Waals surface area contributed by atoms with Gasteiger partial charge in [-0.15, -0.1) is 0 Å². The molecule has 0 aromatic heterocycles. The van der Waals surface area contributed by atoms with E-state index in [9.17, 15) is 0 Å². The Kier molecular flexibility index (Phi) is 24.0. The molecule has 190 valence electrons. The van der Waals surface area contributed by atoms with Crippen molar-refractivity contribution in [1.29, 1.82) is 0 Å². The maximum absolute atomic E-state index is 4.85. The highest BCUT2D eigenvalue weighted by atomic mass is 14.5. The molecule has 0 aliphatic carbocycles. The van der Waals surface area contributed by atoms with Gasteiger partial charge in [-0.05, 0) is 126 Å². The average Bonchev–Trinajstić information content (AvgIpc) is 2.71. The average molecular weight is 456 g/mol. The predicted octanol–water partition coefficient (Wildman–Crippen LogP) is 10.6. The molecule has 2 N–H and O–H groups in total. The summed E-state index contributed by atoms with van der Waals surface area (Å²) >= 11 is 0. The second kappa shape index (κ2) is 23.6. The third-order valence-electron chi connectivity index (χ3n) is 5.40. The highest BCUT2D eigenvalue weighted by Crippen LogP contribution is 2.14. The second-order valence-electron chi connectivity index (χ2n) is 9.91. The molecule has 33 heavy (non-hydrogen) atoms. The fourth-order valence-electron chi connectivity index (χ4n) is 3.34. The molecule has 0 aliphatic rings. The zero-order chi connectivity index (χ0) is 25.5. The summed E-state index contributed by atoms with van der Waals surface area (Å²) in [5.74, 6) is 0. The van der Waals surface area contributed by atoms with E-state index in [4.69, 9.17) is 5.73 Å². The van der Waals surface area contributed by atoms with Gasteiger partial charge >= 0.3 is 0 Å². The Labute approximate surface area is 208 Å². The standard InChI is InChI=1S/C30H50.C2H7N/c1-25(2)15-11-19-29(7)23-13-21-27(5)17-9-10-18-28(6)22-14-24-30(8)20-12-16-26(3)4;1-2-3/h15-18,23-24H,9-14,19-22H2,1-8H3;2-3H2,1H3/b27-17+,28-18+,29-23+,30-24+;. The molecule has 0 saturated carbocycles. The van der Waals surface area contributed by atoms with Crippen molar-refractivity contribution in [3.63, 3.8) is 0 Å². The van der Waals surface area contributed by atoms with E-state index < -0.39 is 0 Å². The first kappa shape index (κ1) is 33.6. The molecule has 1 heteroatoms. The van der Waals surface area contributed by atoms with Gasteiger partial charge in [0.05, 0.1) is 0 Å². The maximum atomic E-state index is 4.85. The van der Waals surface area contributed by atoms with Crippen LogP contribution in [0.25, 0.3) is 0 Å². The van der Waals surface area contributed by atoms with Crippen LogP contribution in [0.15, 0.2) is 69.9 Å². The Balaban J connectivity index is 0. The number of hydrogen-bond acceptors (Lipinski definition) is 1. The van der Waals surface area contributed by atoms with E-state index in [1.54, 1.807) is 0 Å². The van der Waals surface area contributed by atoms with Gasteiger partial charge in [0.2, 0.25) is 0 Å². The van der Waals surface area contributed by atoms with Crippen molar-refractivity contribution >= 4 is 0 Å². The molecular weight excluding hydrogens is 398 g/mol. The number of allylic oxidation sites excluding steroid dienone is 12. The summed E-state index contributed by atoms with van der Waals surface area (Å²) in [5, 5.41) is 0. The van der Waals surface area contributed by atoms with E-state index in [0.717, 1.165) is 6.54 Å². The van der Waals surface area contributed by atoms with Crippen LogP contribution in [0.1, 0.15) is 127 Å². The van der Waals surface area contributed by atoms with Gasteiger partial charge in [-0.2, -0.15) is 0 Å². The summed E-state index contributed by atoms with van der Waals surface area (Å²) in [6.07, 6.45) is 26.2. The molecule has 0 spiro atoms. The van der Waals surface area contributed by atoms with Gasteiger partial charge in [0.25, 0.3) is 0 Å². The van der Waals surface area contributed by atoms with Crippen LogP contribution in [0.3, 0.4) is 0 Å². The van der Waals surface area contributed by atoms with Crippen LogP contribution in [-0.4, -0.2) is 6.54 Å². The summed E-state index contributed by atoms with van der Waals surface area (Å²) in [7, 11) is 0. The van der Waals surface area contributed by atoms with Crippen molar-refractivity contribution in [2.75, 3.05) is 6.54 Å². The number of nitrogens with two attached hydrogens (primary N) is 1. The van der Waals surface area contributed by atoms with Gasteiger partial charge < -0.3 is 5.73 Å². The lowest BCUT2D eigenvalue weighted by molar-refractivity contribution is 0.896. The van der Waals surface area contributed by atoms with Crippen molar-refractivity contribution < 1.29 is 0 Å². The molecule has 0 radical (unpaired) electrons. The highest BCUT2D eigenvalue weighted by Gasteiger charge is 1.94. The SMILES string of the molecule is CC(C)=CCC/C(C)=C/CC/C(C)=C/CC/C=C(\C)CC/C=C(\C)CCC=C(C)C.CCN. The fraction of sp³-hybridized carbons (Fsp3) is 0.625. The first-order chi connectivity index (χ1) is 15.6. The molecular formula is C32H57N. The van der Waals surface area contributed by atoms with Gasteiger partial charge in [0, 0.05) is 0 Å². The van der Waals surface area contributed by atoms with Gasteiger partial charge in [-0.25, -0.2) is 0 Å². The summed E-state index contributed by atoms with van der Waals surface area (Å²) in [5.41, 5.74) is 13.8. The van der Waals surface area contributed by atoms with E-state index in [1.165, 1.54) is 97.6 Å². The minimum absolute atomic E-state index is 0.750. The van der Waals surface area contributed by atoms with Crippen molar-refractivity contribution in [3.8, 4) is 0 Å². The lowest BCUT2D eigenvalue weighted by atomic mass is 10.0. The fourth-order valence-corrected chi connectivity index (χ4v) is 3.34. The minimum atomic E-state index is 0.750. The quantitative estimate of drug-likeness (QED) is 0.193. The van der Waals surface area contributed by atoms with Crippen molar-refractivity contribution in [2.24, 2.45) is 5.73 Å². The third kappa shape index (κ3) is 28.4. The zero-order valence-electron chi connectivity index (χ0n) is 23.8. The molecule has 0 aliphatic heterocycles. The van der Waals surface area contributed by atoms with Crippen LogP contribution in [0.4, 0.5) is 0 Å². The van der Waals surface area contributed by atoms with E-state index in [0.29, 0.717) is 0 Å². The largest absolute Gasteiger partial charge is 0.331 e. The third-order valence-corrected chi connectivity index (χ3v) is 5.40. The number of unbranched alkanes of at least 4 members (excludes halogenated alkanes) is 1. The Morgan fingerprint density at radius 3 is 0.879 bits per heavy atom. The monoisotopic (exact) mass is 455 g/mol. The zero-order valence-corrected chi connectivity index (χ0v) is 23.8. The molecule has 0 atom stereocenters. The first-order valence-electron chi connectivity index (χ1n) is 13.2. The Morgan fingerprint density at radius 1 is 0.424 bits per heavy atom. The van der Waals surface area contributed by atoms with Gasteiger partial charge in [0.1, 0.15) is 0 Å². The summed E-state index contributed by atoms with van der Waals surface area (Å²) in [4.78, 5) is 0. The Morgan fingerprint density at radius 2 is 0.636 bits per heavy atom. The molecule has 0 heterocycles. The number of hydrogen-bond donors (Lipinski definition) is 1. The van der Waals surface area contributed by atoms with E-state index in [2.05, 4.69) is 91.8 Å². The second-order valence-corrected chi connectivity index (χ2v) is 9.91. The molecule has 1 nitrogen and oxygen atoms in total. The summed E-state index contributed by atoms with van der Waals surface area (Å²) in [6.45, 7) is 20.5. The van der Waals surface area contributed by atoms with Crippen molar-refractivity contribution in [1.82, 2.24) is 0 Å². The molecule has 0 aromatic rings. The topological polar surface area (TPSA) is 26.0 Å². The van der Waals surface area contributed by atoms with E-state index >= 15 is 0 Å². The van der Waals surface area contributed by atoms with Crippen LogP contribution in [0.2, 0.25) is 0 Å². The molecule has 0 saturated heterocycles. The van der Waals surface area contributed by atoms with Crippen LogP contribution in [0, 0.1) is 0 Å². The van der Waals surface area contributed by atoms with Crippen molar-refractivity contribution in [3.05, 3.63) is 69.9 Å². The summed E-state index contributed by atoms with van der Waals surface area (Å²) < 4.78 is 0. The normalized spacial score (nSPS) is 12.8. The Bertz CT molecular complexity index is 599. The molecule has 0 rings (SSSR count). The number of rotatable bonds is 15. The van der Waals surface area contributed by atoms with Crippen LogP contribution in [0.5, 0.6) is 0 Å². The van der Waals surface area contributed by atoms with E-state index in [-0.39, 0.29) is 0 Å². The highest BCUT2D eigenvalue weighted by molar-refractivity contribution is 5.08. The summed E-state index contributed by atoms with van der Waals surface area (Å²) in [6, 6.07) is 0. The van der Waals surface area contributed by atoms with Crippen molar-refractivity contribution in [2.45, 2.75) is 127 Å². The van der Waals surface area contributed by atoms with Crippen LogP contribution < -0.4 is 5.73 Å². The lowest BCUT2D eigenvalue weighted by Crippen LogP contribution is -1.87. The molecule has 0 bridgehead atoms. The van der Waals surface area contributed by atoms with Gasteiger partial charge in [-0.3, -0.25) is 0 Å². The maximum Gasteiger partial charge on any atom is -0.0106 e. The van der Waals surface area contributed by atoms with Crippen LogP contribution >= 0.6 is 0 Å². The smallest absolute Gasteiger partial charge is 0.0106 e. The molecule has 0 fully saturated rings. The molecule has 0 aromatic carbocycles. The minimum Gasteiger partial charge on any atom is -0.331 e. The molecule has 0 unspecified atom stereocenters.